The lowest BCUT2D eigenvalue weighted by Crippen LogP contribution is -1.98. The van der Waals surface area contributed by atoms with E-state index in [0.717, 1.165) is 0 Å². The standard InChI is InChI=1S/C54H36/c1-3-15-39(16-4-1)53(41-31-27-37(28-32-41)51-35-43-19-7-9-21-45(43)47-23-11-13-25-49(47)51)54(40-17-5-2-6-18-40)42-33-29-38(30-34-42)52-36-44-20-8-10-22-46(44)48-24-12-14-26-50(48)52/h1-36H/b54-53+. The summed E-state index contributed by atoms with van der Waals surface area (Å²) in [5.41, 5.74) is 12.1. The third-order valence-corrected chi connectivity index (χ3v) is 10.9. The molecule has 0 heterocycles. The van der Waals surface area contributed by atoms with E-state index in [0.29, 0.717) is 0 Å². The average Bonchev–Trinajstić information content (AvgIpc) is 3.26. The van der Waals surface area contributed by atoms with Crippen LogP contribution >= 0.6 is 0 Å². The summed E-state index contributed by atoms with van der Waals surface area (Å²) in [7, 11) is 0. The zero-order valence-electron chi connectivity index (χ0n) is 29.8. The summed E-state index contributed by atoms with van der Waals surface area (Å²) in [4.78, 5) is 0. The van der Waals surface area contributed by atoms with Gasteiger partial charge < -0.3 is 0 Å². The second-order valence-corrected chi connectivity index (χ2v) is 14.0. The molecule has 0 saturated carbocycles. The highest BCUT2D eigenvalue weighted by Crippen LogP contribution is 2.41. The molecule has 0 N–H and O–H groups in total. The molecule has 54 heavy (non-hydrogen) atoms. The first-order chi connectivity index (χ1) is 26.8. The van der Waals surface area contributed by atoms with Gasteiger partial charge in [-0.05, 0) is 111 Å². The van der Waals surface area contributed by atoms with Crippen molar-refractivity contribution in [2.45, 2.75) is 0 Å². The highest BCUT2D eigenvalue weighted by Gasteiger charge is 2.18. The zero-order valence-corrected chi connectivity index (χ0v) is 29.8. The van der Waals surface area contributed by atoms with Crippen LogP contribution in [0.25, 0.3) is 76.5 Å². The monoisotopic (exact) mass is 684 g/mol. The van der Waals surface area contributed by atoms with Crippen LogP contribution in [0.15, 0.2) is 218 Å². The average molecular weight is 685 g/mol. The lowest BCUT2D eigenvalue weighted by atomic mass is 9.84. The third kappa shape index (κ3) is 5.57. The van der Waals surface area contributed by atoms with E-state index in [4.69, 9.17) is 0 Å². The normalized spacial score (nSPS) is 12.0. The molecule has 0 unspecified atom stereocenters. The maximum atomic E-state index is 2.34. The number of hydrogen-bond donors (Lipinski definition) is 0. The summed E-state index contributed by atoms with van der Waals surface area (Å²) in [5.74, 6) is 0. The van der Waals surface area contributed by atoms with E-state index in [1.165, 1.54) is 98.7 Å². The van der Waals surface area contributed by atoms with Crippen molar-refractivity contribution >= 4 is 54.2 Å². The van der Waals surface area contributed by atoms with Gasteiger partial charge in [-0.3, -0.25) is 0 Å². The Balaban J connectivity index is 1.15. The van der Waals surface area contributed by atoms with Crippen molar-refractivity contribution in [3.63, 3.8) is 0 Å². The smallest absolute Gasteiger partial charge is 0.00268 e. The van der Waals surface area contributed by atoms with Crippen LogP contribution in [0.2, 0.25) is 0 Å². The summed E-state index contributed by atoms with van der Waals surface area (Å²) in [6.45, 7) is 0. The van der Waals surface area contributed by atoms with Gasteiger partial charge in [0.05, 0.1) is 0 Å². The molecule has 0 aliphatic heterocycles. The van der Waals surface area contributed by atoms with E-state index in [-0.39, 0.29) is 0 Å². The van der Waals surface area contributed by atoms with Crippen molar-refractivity contribution < 1.29 is 0 Å². The lowest BCUT2D eigenvalue weighted by molar-refractivity contribution is 1.50. The summed E-state index contributed by atoms with van der Waals surface area (Å²) < 4.78 is 0. The number of benzene rings is 10. The molecule has 10 rings (SSSR count). The molecular weight excluding hydrogens is 649 g/mol. The fourth-order valence-electron chi connectivity index (χ4n) is 8.34. The van der Waals surface area contributed by atoms with Crippen LogP contribution in [0.4, 0.5) is 0 Å². The number of hydrogen-bond acceptors (Lipinski definition) is 0. The van der Waals surface area contributed by atoms with Gasteiger partial charge in [0.1, 0.15) is 0 Å². The molecule has 0 aliphatic rings. The fourth-order valence-corrected chi connectivity index (χ4v) is 8.34. The summed E-state index contributed by atoms with van der Waals surface area (Å²) in [5, 5.41) is 10.2. The maximum Gasteiger partial charge on any atom is -0.00268 e. The van der Waals surface area contributed by atoms with E-state index in [1.54, 1.807) is 0 Å². The summed E-state index contributed by atoms with van der Waals surface area (Å²) in [6, 6.07) is 79.7. The Labute approximate surface area is 315 Å². The summed E-state index contributed by atoms with van der Waals surface area (Å²) >= 11 is 0. The minimum absolute atomic E-state index is 1.18. The molecule has 0 saturated heterocycles. The Bertz CT molecular complexity index is 2780. The highest BCUT2D eigenvalue weighted by atomic mass is 14.2. The van der Waals surface area contributed by atoms with Gasteiger partial charge in [-0.25, -0.2) is 0 Å². The number of rotatable bonds is 6. The Morgan fingerprint density at radius 2 is 0.519 bits per heavy atom. The van der Waals surface area contributed by atoms with Crippen LogP contribution < -0.4 is 0 Å². The molecule has 0 fully saturated rings. The van der Waals surface area contributed by atoms with Crippen LogP contribution in [0.5, 0.6) is 0 Å². The van der Waals surface area contributed by atoms with E-state index in [1.807, 2.05) is 0 Å². The first kappa shape index (κ1) is 31.7. The first-order valence-electron chi connectivity index (χ1n) is 18.7. The molecule has 0 radical (unpaired) electrons. The van der Waals surface area contributed by atoms with Crippen molar-refractivity contribution in [3.8, 4) is 22.3 Å². The maximum absolute atomic E-state index is 2.34. The van der Waals surface area contributed by atoms with E-state index >= 15 is 0 Å². The first-order valence-corrected chi connectivity index (χ1v) is 18.7. The molecule has 0 aliphatic carbocycles. The van der Waals surface area contributed by atoms with E-state index < -0.39 is 0 Å². The molecule has 0 aromatic heterocycles. The quantitative estimate of drug-likeness (QED) is 0.121. The van der Waals surface area contributed by atoms with Crippen LogP contribution in [0.3, 0.4) is 0 Å². The summed E-state index contributed by atoms with van der Waals surface area (Å²) in [6.07, 6.45) is 0. The molecule has 0 spiro atoms. The Hall–Kier alpha value is -7.02. The van der Waals surface area contributed by atoms with Crippen molar-refractivity contribution in [2.24, 2.45) is 0 Å². The Morgan fingerprint density at radius 3 is 0.907 bits per heavy atom. The minimum Gasteiger partial charge on any atom is -0.0622 e. The second-order valence-electron chi connectivity index (χ2n) is 14.0. The SMILES string of the molecule is c1ccc(/C(=C(/c2ccccc2)c2ccc(-c3cc4ccccc4c4ccccc34)cc2)c2ccc(-c3cc4ccccc4c4ccccc34)cc2)cc1. The van der Waals surface area contributed by atoms with Gasteiger partial charge in [-0.15, -0.1) is 0 Å². The van der Waals surface area contributed by atoms with Crippen LogP contribution in [0, 0.1) is 0 Å². The third-order valence-electron chi connectivity index (χ3n) is 10.9. The zero-order chi connectivity index (χ0) is 35.8. The van der Waals surface area contributed by atoms with Crippen LogP contribution in [0.1, 0.15) is 22.3 Å². The molecular formula is C54H36. The van der Waals surface area contributed by atoms with Gasteiger partial charge in [-0.2, -0.15) is 0 Å². The van der Waals surface area contributed by atoms with Gasteiger partial charge in [0.25, 0.3) is 0 Å². The molecule has 0 amide bonds. The largest absolute Gasteiger partial charge is 0.0622 e. The van der Waals surface area contributed by atoms with Gasteiger partial charge in [0.2, 0.25) is 0 Å². The van der Waals surface area contributed by atoms with E-state index in [2.05, 4.69) is 218 Å². The van der Waals surface area contributed by atoms with Crippen LogP contribution in [-0.4, -0.2) is 0 Å². The molecule has 0 bridgehead atoms. The van der Waals surface area contributed by atoms with Crippen molar-refractivity contribution in [2.75, 3.05) is 0 Å². The molecule has 0 heteroatoms. The van der Waals surface area contributed by atoms with Gasteiger partial charge in [-0.1, -0.05) is 206 Å². The minimum atomic E-state index is 1.18. The Morgan fingerprint density at radius 1 is 0.222 bits per heavy atom. The molecule has 10 aromatic carbocycles. The van der Waals surface area contributed by atoms with Crippen molar-refractivity contribution in [1.82, 2.24) is 0 Å². The lowest BCUT2D eigenvalue weighted by Gasteiger charge is -2.19. The van der Waals surface area contributed by atoms with Crippen molar-refractivity contribution in [3.05, 3.63) is 241 Å². The molecule has 252 valence electrons. The highest BCUT2D eigenvalue weighted by molar-refractivity contribution is 6.15. The predicted octanol–water partition coefficient (Wildman–Crippen LogP) is 14.6. The predicted molar refractivity (Wildman–Crippen MR) is 232 cm³/mol. The molecule has 10 aromatic rings. The van der Waals surface area contributed by atoms with E-state index in [9.17, 15) is 0 Å². The van der Waals surface area contributed by atoms with Gasteiger partial charge in [0.15, 0.2) is 0 Å². The number of fused-ring (bicyclic) bond motifs is 6. The second kappa shape index (κ2) is 13.5. The fraction of sp³-hybridized carbons (Fsp3) is 0. The van der Waals surface area contributed by atoms with Gasteiger partial charge >= 0.3 is 0 Å². The Kier molecular flexibility index (Phi) is 7.93. The van der Waals surface area contributed by atoms with Crippen LogP contribution in [-0.2, 0) is 0 Å². The molecule has 0 atom stereocenters. The molecule has 0 nitrogen and oxygen atoms in total. The van der Waals surface area contributed by atoms with Gasteiger partial charge in [0, 0.05) is 0 Å². The topological polar surface area (TPSA) is 0 Å². The van der Waals surface area contributed by atoms with Crippen molar-refractivity contribution in [1.29, 1.82) is 0 Å².